The maximum absolute atomic E-state index is 11.3. The standard InChI is InChI=1S/C20H19NO4/c1-2-13(20(23)24)12-17-21-18(14-8-10-16(22)11-9-14)19(25-17)15-6-4-3-5-7-15/h3-11,13,22H,2,12H2,1H3,(H,23,24). The van der Waals surface area contributed by atoms with Gasteiger partial charge in [-0.25, -0.2) is 4.98 Å². The van der Waals surface area contributed by atoms with E-state index in [9.17, 15) is 15.0 Å². The van der Waals surface area contributed by atoms with Crippen LogP contribution in [0.25, 0.3) is 22.6 Å². The predicted molar refractivity (Wildman–Crippen MR) is 94.2 cm³/mol. The number of phenolic OH excluding ortho intramolecular Hbond substituents is 1. The van der Waals surface area contributed by atoms with Crippen molar-refractivity contribution in [1.82, 2.24) is 4.98 Å². The molecule has 0 spiro atoms. The Bertz CT molecular complexity index is 853. The minimum atomic E-state index is -0.854. The normalized spacial score (nSPS) is 12.0. The van der Waals surface area contributed by atoms with Crippen LogP contribution in [0.4, 0.5) is 0 Å². The van der Waals surface area contributed by atoms with E-state index >= 15 is 0 Å². The van der Waals surface area contributed by atoms with Crippen LogP contribution in [0.15, 0.2) is 59.0 Å². The first kappa shape index (κ1) is 16.8. The lowest BCUT2D eigenvalue weighted by atomic mass is 10.0. The molecule has 5 nitrogen and oxygen atoms in total. The van der Waals surface area contributed by atoms with Gasteiger partial charge in [0.15, 0.2) is 11.7 Å². The Morgan fingerprint density at radius 3 is 2.36 bits per heavy atom. The van der Waals surface area contributed by atoms with Crippen molar-refractivity contribution >= 4 is 5.97 Å². The number of rotatable bonds is 6. The van der Waals surface area contributed by atoms with Gasteiger partial charge in [-0.05, 0) is 30.7 Å². The van der Waals surface area contributed by atoms with Gasteiger partial charge in [0, 0.05) is 17.5 Å². The van der Waals surface area contributed by atoms with Crippen LogP contribution in [0.1, 0.15) is 19.2 Å². The Balaban J connectivity index is 2.05. The Hall–Kier alpha value is -3.08. The SMILES string of the molecule is CCC(Cc1nc(-c2ccc(O)cc2)c(-c2ccccc2)o1)C(=O)O. The first-order chi connectivity index (χ1) is 12.1. The molecule has 0 amide bonds. The second-order valence-electron chi connectivity index (χ2n) is 5.85. The zero-order valence-electron chi connectivity index (χ0n) is 13.8. The van der Waals surface area contributed by atoms with Crippen LogP contribution in [0, 0.1) is 5.92 Å². The molecule has 1 unspecified atom stereocenters. The number of carbonyl (C=O) groups is 1. The fourth-order valence-electron chi connectivity index (χ4n) is 2.67. The summed E-state index contributed by atoms with van der Waals surface area (Å²) in [5.41, 5.74) is 2.31. The van der Waals surface area contributed by atoms with Crippen molar-refractivity contribution in [2.45, 2.75) is 19.8 Å². The fraction of sp³-hybridized carbons (Fsp3) is 0.200. The molecular weight excluding hydrogens is 318 g/mol. The number of nitrogens with zero attached hydrogens (tertiary/aromatic N) is 1. The summed E-state index contributed by atoms with van der Waals surface area (Å²) in [6.07, 6.45) is 0.747. The molecule has 2 N–H and O–H groups in total. The summed E-state index contributed by atoms with van der Waals surface area (Å²) in [6, 6.07) is 16.3. The van der Waals surface area contributed by atoms with E-state index in [2.05, 4.69) is 4.98 Å². The summed E-state index contributed by atoms with van der Waals surface area (Å²) in [5.74, 6) is -0.216. The summed E-state index contributed by atoms with van der Waals surface area (Å²) in [5, 5.41) is 18.8. The number of oxazole rings is 1. The van der Waals surface area contributed by atoms with Gasteiger partial charge in [0.05, 0.1) is 5.92 Å². The van der Waals surface area contributed by atoms with Crippen LogP contribution in [0.3, 0.4) is 0 Å². The summed E-state index contributed by atoms with van der Waals surface area (Å²) in [7, 11) is 0. The van der Waals surface area contributed by atoms with E-state index in [1.54, 1.807) is 24.3 Å². The van der Waals surface area contributed by atoms with Crippen LogP contribution >= 0.6 is 0 Å². The van der Waals surface area contributed by atoms with Crippen molar-refractivity contribution < 1.29 is 19.4 Å². The fourth-order valence-corrected chi connectivity index (χ4v) is 2.67. The van der Waals surface area contributed by atoms with Crippen molar-refractivity contribution in [1.29, 1.82) is 0 Å². The van der Waals surface area contributed by atoms with E-state index in [-0.39, 0.29) is 12.2 Å². The van der Waals surface area contributed by atoms with Crippen molar-refractivity contribution in [3.05, 3.63) is 60.5 Å². The average molecular weight is 337 g/mol. The van der Waals surface area contributed by atoms with Crippen LogP contribution in [0.2, 0.25) is 0 Å². The third kappa shape index (κ3) is 3.71. The highest BCUT2D eigenvalue weighted by Crippen LogP contribution is 2.34. The number of aromatic nitrogens is 1. The Morgan fingerprint density at radius 1 is 1.08 bits per heavy atom. The number of hydrogen-bond acceptors (Lipinski definition) is 4. The van der Waals surface area contributed by atoms with E-state index < -0.39 is 11.9 Å². The molecule has 0 aliphatic rings. The molecule has 1 aromatic heterocycles. The number of carboxylic acid groups (broad SMARTS) is 1. The van der Waals surface area contributed by atoms with Gasteiger partial charge in [0.25, 0.3) is 0 Å². The zero-order chi connectivity index (χ0) is 17.8. The highest BCUT2D eigenvalue weighted by atomic mass is 16.4. The molecule has 2 aromatic carbocycles. The Morgan fingerprint density at radius 2 is 1.76 bits per heavy atom. The highest BCUT2D eigenvalue weighted by Gasteiger charge is 2.22. The van der Waals surface area contributed by atoms with E-state index in [0.717, 1.165) is 11.1 Å². The lowest BCUT2D eigenvalue weighted by Gasteiger charge is -2.05. The van der Waals surface area contributed by atoms with Crippen LogP contribution < -0.4 is 0 Å². The third-order valence-electron chi connectivity index (χ3n) is 4.11. The second kappa shape index (κ2) is 7.21. The molecule has 0 saturated heterocycles. The quantitative estimate of drug-likeness (QED) is 0.698. The summed E-state index contributed by atoms with van der Waals surface area (Å²) in [6.45, 7) is 1.83. The number of carboxylic acids is 1. The van der Waals surface area contributed by atoms with Gasteiger partial charge < -0.3 is 14.6 Å². The summed E-state index contributed by atoms with van der Waals surface area (Å²) >= 11 is 0. The number of phenols is 1. The van der Waals surface area contributed by atoms with Crippen LogP contribution in [0.5, 0.6) is 5.75 Å². The van der Waals surface area contributed by atoms with Crippen molar-refractivity contribution in [2.75, 3.05) is 0 Å². The van der Waals surface area contributed by atoms with Gasteiger partial charge in [-0.2, -0.15) is 0 Å². The van der Waals surface area contributed by atoms with E-state index in [1.165, 1.54) is 0 Å². The lowest BCUT2D eigenvalue weighted by molar-refractivity contribution is -0.141. The molecule has 3 rings (SSSR count). The molecule has 0 radical (unpaired) electrons. The minimum absolute atomic E-state index is 0.172. The number of hydrogen-bond donors (Lipinski definition) is 2. The first-order valence-corrected chi connectivity index (χ1v) is 8.15. The highest BCUT2D eigenvalue weighted by molar-refractivity contribution is 5.77. The van der Waals surface area contributed by atoms with E-state index in [4.69, 9.17) is 4.42 Å². The zero-order valence-corrected chi connectivity index (χ0v) is 13.8. The molecule has 1 heterocycles. The molecule has 0 bridgehead atoms. The number of aromatic hydroxyl groups is 1. The third-order valence-corrected chi connectivity index (χ3v) is 4.11. The van der Waals surface area contributed by atoms with E-state index in [0.29, 0.717) is 23.8 Å². The Labute approximate surface area is 145 Å². The van der Waals surface area contributed by atoms with Crippen molar-refractivity contribution in [2.24, 2.45) is 5.92 Å². The maximum atomic E-state index is 11.3. The van der Waals surface area contributed by atoms with Gasteiger partial charge in [-0.15, -0.1) is 0 Å². The molecule has 3 aromatic rings. The summed E-state index contributed by atoms with van der Waals surface area (Å²) in [4.78, 5) is 15.9. The molecule has 0 fully saturated rings. The first-order valence-electron chi connectivity index (χ1n) is 8.15. The Kier molecular flexibility index (Phi) is 4.84. The topological polar surface area (TPSA) is 83.6 Å². The molecule has 128 valence electrons. The average Bonchev–Trinajstić information content (AvgIpc) is 3.05. The molecule has 0 saturated carbocycles. The largest absolute Gasteiger partial charge is 0.508 e. The molecule has 0 aliphatic carbocycles. The van der Waals surface area contributed by atoms with Gasteiger partial charge in [0.1, 0.15) is 11.4 Å². The molecule has 0 aliphatic heterocycles. The van der Waals surface area contributed by atoms with E-state index in [1.807, 2.05) is 37.3 Å². The van der Waals surface area contributed by atoms with Crippen LogP contribution in [-0.2, 0) is 11.2 Å². The predicted octanol–water partition coefficient (Wildman–Crippen LogP) is 4.37. The smallest absolute Gasteiger partial charge is 0.307 e. The molecule has 5 heteroatoms. The molecular formula is C20H19NO4. The van der Waals surface area contributed by atoms with Gasteiger partial charge in [-0.1, -0.05) is 37.3 Å². The monoisotopic (exact) mass is 337 g/mol. The van der Waals surface area contributed by atoms with Gasteiger partial charge in [0.2, 0.25) is 0 Å². The molecule has 25 heavy (non-hydrogen) atoms. The minimum Gasteiger partial charge on any atom is -0.508 e. The van der Waals surface area contributed by atoms with Gasteiger partial charge >= 0.3 is 5.97 Å². The second-order valence-corrected chi connectivity index (χ2v) is 5.85. The van der Waals surface area contributed by atoms with Crippen molar-refractivity contribution in [3.63, 3.8) is 0 Å². The lowest BCUT2D eigenvalue weighted by Crippen LogP contribution is -2.15. The van der Waals surface area contributed by atoms with Crippen molar-refractivity contribution in [3.8, 4) is 28.3 Å². The maximum Gasteiger partial charge on any atom is 0.307 e. The summed E-state index contributed by atoms with van der Waals surface area (Å²) < 4.78 is 5.93. The van der Waals surface area contributed by atoms with Crippen LogP contribution in [-0.4, -0.2) is 21.2 Å². The molecule has 1 atom stereocenters. The number of benzene rings is 2. The van der Waals surface area contributed by atoms with Gasteiger partial charge in [-0.3, -0.25) is 4.79 Å². The number of aliphatic carboxylic acids is 1.